The lowest BCUT2D eigenvalue weighted by molar-refractivity contribution is -0.115. The summed E-state index contributed by atoms with van der Waals surface area (Å²) < 4.78 is 19.6. The first-order valence-electron chi connectivity index (χ1n) is 8.62. The lowest BCUT2D eigenvalue weighted by Crippen LogP contribution is -2.24. The third kappa shape index (κ3) is 4.59. The number of aromatic nitrogens is 1. The van der Waals surface area contributed by atoms with E-state index in [0.29, 0.717) is 29.4 Å². The molecule has 0 fully saturated rings. The van der Waals surface area contributed by atoms with Crippen molar-refractivity contribution in [1.82, 2.24) is 9.88 Å². The maximum absolute atomic E-state index is 14.5. The van der Waals surface area contributed by atoms with Gasteiger partial charge in [0.15, 0.2) is 6.19 Å². The minimum atomic E-state index is -0.468. The smallest absolute Gasteiger partial charge is 0.230 e. The minimum absolute atomic E-state index is 0.137. The summed E-state index contributed by atoms with van der Waals surface area (Å²) in [4.78, 5) is 17.9. The summed E-state index contributed by atoms with van der Waals surface area (Å²) in [6, 6.07) is 6.25. The van der Waals surface area contributed by atoms with Crippen LogP contribution in [0.3, 0.4) is 0 Å². The van der Waals surface area contributed by atoms with Crippen LogP contribution in [-0.2, 0) is 11.2 Å². The van der Waals surface area contributed by atoms with Crippen molar-refractivity contribution in [3.05, 3.63) is 58.5 Å². The monoisotopic (exact) mass is 400 g/mol. The van der Waals surface area contributed by atoms with Gasteiger partial charge in [0.25, 0.3) is 0 Å². The van der Waals surface area contributed by atoms with E-state index in [1.165, 1.54) is 25.4 Å². The molecule has 2 aromatic rings. The number of nitriles is 1. The van der Waals surface area contributed by atoms with E-state index in [9.17, 15) is 9.18 Å². The third-order valence-electron chi connectivity index (χ3n) is 4.37. The zero-order chi connectivity index (χ0) is 20.1. The largest absolute Gasteiger partial charge is 0.495 e. The number of benzene rings is 1. The first-order valence-corrected chi connectivity index (χ1v) is 9.00. The van der Waals surface area contributed by atoms with Gasteiger partial charge in [0.05, 0.1) is 26.3 Å². The van der Waals surface area contributed by atoms with E-state index >= 15 is 0 Å². The van der Waals surface area contributed by atoms with Crippen LogP contribution < -0.4 is 10.1 Å². The molecule has 1 aromatic carbocycles. The van der Waals surface area contributed by atoms with Gasteiger partial charge in [-0.3, -0.25) is 4.79 Å². The molecule has 1 aliphatic heterocycles. The van der Waals surface area contributed by atoms with E-state index in [-0.39, 0.29) is 17.8 Å². The summed E-state index contributed by atoms with van der Waals surface area (Å²) in [5.41, 5.74) is 1.89. The number of nitrogens with zero attached hydrogens (tertiary/aromatic N) is 3. The fourth-order valence-corrected chi connectivity index (χ4v) is 3.11. The highest BCUT2D eigenvalue weighted by molar-refractivity contribution is 6.32. The summed E-state index contributed by atoms with van der Waals surface area (Å²) in [5, 5.41) is 12.0. The molecule has 0 saturated carbocycles. The van der Waals surface area contributed by atoms with Crippen LogP contribution in [-0.4, -0.2) is 36.0 Å². The Hall–Kier alpha value is -3.11. The van der Waals surface area contributed by atoms with Gasteiger partial charge in [-0.05, 0) is 29.2 Å². The highest BCUT2D eigenvalue weighted by Crippen LogP contribution is 2.26. The van der Waals surface area contributed by atoms with Crippen LogP contribution in [0.2, 0.25) is 5.02 Å². The summed E-state index contributed by atoms with van der Waals surface area (Å²) >= 11 is 5.91. The Morgan fingerprint density at radius 1 is 1.46 bits per heavy atom. The van der Waals surface area contributed by atoms with E-state index in [2.05, 4.69) is 16.5 Å². The number of anilines is 1. The van der Waals surface area contributed by atoms with Gasteiger partial charge in [0, 0.05) is 12.6 Å². The Morgan fingerprint density at radius 3 is 3.00 bits per heavy atom. The average Bonchev–Trinajstić information content (AvgIpc) is 2.71. The molecule has 1 aromatic heterocycles. The first kappa shape index (κ1) is 19.6. The number of nitrogens with one attached hydrogen (secondary N) is 1. The van der Waals surface area contributed by atoms with Crippen LogP contribution in [0.5, 0.6) is 5.75 Å². The molecular weight excluding hydrogens is 383 g/mol. The van der Waals surface area contributed by atoms with Gasteiger partial charge in [-0.2, -0.15) is 5.26 Å². The number of pyridine rings is 1. The van der Waals surface area contributed by atoms with Crippen molar-refractivity contribution in [2.24, 2.45) is 0 Å². The molecule has 0 spiro atoms. The van der Waals surface area contributed by atoms with Gasteiger partial charge in [-0.15, -0.1) is 0 Å². The normalized spacial score (nSPS) is 13.5. The van der Waals surface area contributed by atoms with Gasteiger partial charge in [0.1, 0.15) is 22.4 Å². The fourth-order valence-electron chi connectivity index (χ4n) is 2.93. The lowest BCUT2D eigenvalue weighted by Gasteiger charge is -2.22. The number of amides is 1. The van der Waals surface area contributed by atoms with E-state index in [1.54, 1.807) is 17.0 Å². The van der Waals surface area contributed by atoms with Crippen molar-refractivity contribution < 1.29 is 13.9 Å². The summed E-state index contributed by atoms with van der Waals surface area (Å²) in [5.74, 6) is -0.220. The molecule has 28 heavy (non-hydrogen) atoms. The van der Waals surface area contributed by atoms with Gasteiger partial charge < -0.3 is 15.0 Å². The number of carbonyl (C=O) groups excluding carboxylic acids is 1. The predicted molar refractivity (Wildman–Crippen MR) is 104 cm³/mol. The standard InChI is InChI=1S/C20H18ClFN4O2/c1-28-18-9-19(24-10-16(18)21)25-20(27)8-14-5-4-13(7-17(14)22)15-3-2-6-26(11-15)12-23/h3-5,7,9-10H,2,6,8,11H2,1H3,(H,24,25,27). The van der Waals surface area contributed by atoms with Crippen molar-refractivity contribution in [1.29, 1.82) is 5.26 Å². The molecule has 0 bridgehead atoms. The van der Waals surface area contributed by atoms with Crippen molar-refractivity contribution in [3.8, 4) is 11.9 Å². The topological polar surface area (TPSA) is 78.2 Å². The van der Waals surface area contributed by atoms with E-state index in [4.69, 9.17) is 21.6 Å². The molecule has 6 nitrogen and oxygen atoms in total. The molecule has 8 heteroatoms. The van der Waals surface area contributed by atoms with Crippen LogP contribution in [0, 0.1) is 17.3 Å². The number of hydrogen-bond acceptors (Lipinski definition) is 5. The maximum atomic E-state index is 14.5. The number of carbonyl (C=O) groups is 1. The highest BCUT2D eigenvalue weighted by atomic mass is 35.5. The molecule has 0 atom stereocenters. The molecule has 0 saturated heterocycles. The number of methoxy groups -OCH3 is 1. The van der Waals surface area contributed by atoms with E-state index < -0.39 is 11.7 Å². The van der Waals surface area contributed by atoms with E-state index in [1.807, 2.05) is 6.08 Å². The Labute approximate surface area is 167 Å². The fraction of sp³-hybridized carbons (Fsp3) is 0.250. The molecule has 0 unspecified atom stereocenters. The quantitative estimate of drug-likeness (QED) is 0.775. The van der Waals surface area contributed by atoms with Gasteiger partial charge in [0.2, 0.25) is 5.91 Å². The molecule has 1 aliphatic rings. The van der Waals surface area contributed by atoms with Gasteiger partial charge in [-0.1, -0.05) is 29.8 Å². The van der Waals surface area contributed by atoms with Gasteiger partial charge >= 0.3 is 0 Å². The second-order valence-electron chi connectivity index (χ2n) is 6.27. The molecular formula is C20H18ClFN4O2. The molecule has 2 heterocycles. The van der Waals surface area contributed by atoms with Crippen LogP contribution in [0.15, 0.2) is 36.5 Å². The maximum Gasteiger partial charge on any atom is 0.230 e. The Kier molecular flexibility index (Phi) is 6.12. The van der Waals surface area contributed by atoms with E-state index in [0.717, 1.165) is 12.0 Å². The summed E-state index contributed by atoms with van der Waals surface area (Å²) in [6.45, 7) is 1.13. The molecule has 1 N–H and O–H groups in total. The zero-order valence-electron chi connectivity index (χ0n) is 15.2. The molecule has 1 amide bonds. The number of halogens is 2. The first-order chi connectivity index (χ1) is 13.5. The van der Waals surface area contributed by atoms with Crippen LogP contribution in [0.25, 0.3) is 5.57 Å². The summed E-state index contributed by atoms with van der Waals surface area (Å²) in [7, 11) is 1.46. The van der Waals surface area contributed by atoms with Crippen LogP contribution >= 0.6 is 11.6 Å². The van der Waals surface area contributed by atoms with Crippen molar-refractivity contribution in [2.75, 3.05) is 25.5 Å². The molecule has 0 radical (unpaired) electrons. The Balaban J connectivity index is 1.68. The second kappa shape index (κ2) is 8.72. The minimum Gasteiger partial charge on any atom is -0.495 e. The summed E-state index contributed by atoms with van der Waals surface area (Å²) in [6.07, 6.45) is 6.10. The number of ether oxygens (including phenoxy) is 1. The molecule has 3 rings (SSSR count). The second-order valence-corrected chi connectivity index (χ2v) is 6.68. The molecule has 0 aliphatic carbocycles. The number of hydrogen-bond donors (Lipinski definition) is 1. The van der Waals surface area contributed by atoms with Crippen LogP contribution in [0.4, 0.5) is 10.2 Å². The number of rotatable bonds is 5. The zero-order valence-corrected chi connectivity index (χ0v) is 16.0. The lowest BCUT2D eigenvalue weighted by atomic mass is 9.99. The van der Waals surface area contributed by atoms with Crippen molar-refractivity contribution in [3.63, 3.8) is 0 Å². The Morgan fingerprint density at radius 2 is 2.29 bits per heavy atom. The predicted octanol–water partition coefficient (Wildman–Crippen LogP) is 3.63. The SMILES string of the molecule is COc1cc(NC(=O)Cc2ccc(C3=CCCN(C#N)C3)cc2F)ncc1Cl. The average molecular weight is 401 g/mol. The van der Waals surface area contributed by atoms with Crippen molar-refractivity contribution >= 4 is 28.9 Å². The third-order valence-corrected chi connectivity index (χ3v) is 4.66. The highest BCUT2D eigenvalue weighted by Gasteiger charge is 2.15. The van der Waals surface area contributed by atoms with Crippen LogP contribution in [0.1, 0.15) is 17.5 Å². The van der Waals surface area contributed by atoms with Gasteiger partial charge in [-0.25, -0.2) is 9.37 Å². The van der Waals surface area contributed by atoms with Crippen molar-refractivity contribution in [2.45, 2.75) is 12.8 Å². The molecule has 144 valence electrons. The Bertz CT molecular complexity index is 971.